The molecule has 2 unspecified atom stereocenters. The number of hydrogen-bond acceptors (Lipinski definition) is 5. The van der Waals surface area contributed by atoms with Gasteiger partial charge in [0.05, 0.1) is 12.6 Å². The van der Waals surface area contributed by atoms with Crippen LogP contribution in [-0.4, -0.2) is 46.9 Å². The summed E-state index contributed by atoms with van der Waals surface area (Å²) in [6, 6.07) is 4.36. The summed E-state index contributed by atoms with van der Waals surface area (Å²) >= 11 is 0. The quantitative estimate of drug-likeness (QED) is 0.766. The van der Waals surface area contributed by atoms with Crippen molar-refractivity contribution in [3.05, 3.63) is 23.7 Å². The number of hydrogen-bond donors (Lipinski definition) is 3. The highest BCUT2D eigenvalue weighted by Crippen LogP contribution is 2.52. The second-order valence-corrected chi connectivity index (χ2v) is 7.46. The predicted molar refractivity (Wildman–Crippen MR) is 84.2 cm³/mol. The summed E-state index contributed by atoms with van der Waals surface area (Å²) < 4.78 is 5.49. The summed E-state index contributed by atoms with van der Waals surface area (Å²) in [4.78, 5) is 2.42. The van der Waals surface area contributed by atoms with E-state index in [0.717, 1.165) is 25.1 Å². The molecular formula is C17H28N2O3. The molecule has 0 amide bonds. The molecular weight excluding hydrogens is 280 g/mol. The molecule has 2 aliphatic rings. The lowest BCUT2D eigenvalue weighted by atomic mass is 9.66. The van der Waals surface area contributed by atoms with Crippen LogP contribution in [0.25, 0.3) is 0 Å². The van der Waals surface area contributed by atoms with Crippen LogP contribution in [0.3, 0.4) is 0 Å². The van der Waals surface area contributed by atoms with E-state index in [0.29, 0.717) is 24.3 Å². The number of nitrogens with one attached hydrogen (secondary N) is 1. The molecule has 1 aliphatic heterocycles. The summed E-state index contributed by atoms with van der Waals surface area (Å²) in [7, 11) is 2.18. The zero-order chi connectivity index (χ0) is 15.9. The van der Waals surface area contributed by atoms with Gasteiger partial charge in [0.2, 0.25) is 0 Å². The van der Waals surface area contributed by atoms with E-state index in [4.69, 9.17) is 9.52 Å². The minimum Gasteiger partial charge on any atom is -0.462 e. The molecule has 1 spiro atoms. The largest absolute Gasteiger partial charge is 0.462 e. The molecule has 1 aromatic rings. The normalized spacial score (nSPS) is 35.5. The standard InChI is InChI=1S/C17H28N2O3/c1-11(2)16-17(10-19(16)3)6-14(15(21)7-17)18-8-12-4-5-13(9-20)22-12/h4-5,11,14-16,18,20-21H,6-10H2,1-3H3/t14-,15-,16?,17?/m1/s1. The molecule has 22 heavy (non-hydrogen) atoms. The van der Waals surface area contributed by atoms with Crippen molar-refractivity contribution in [3.8, 4) is 0 Å². The molecule has 0 radical (unpaired) electrons. The van der Waals surface area contributed by atoms with Crippen LogP contribution in [0.4, 0.5) is 0 Å². The molecule has 2 fully saturated rings. The highest BCUT2D eigenvalue weighted by atomic mass is 16.4. The highest BCUT2D eigenvalue weighted by Gasteiger charge is 2.57. The van der Waals surface area contributed by atoms with Crippen LogP contribution in [0.2, 0.25) is 0 Å². The first-order valence-electron chi connectivity index (χ1n) is 8.25. The Labute approximate surface area is 132 Å². The number of rotatable bonds is 5. The lowest BCUT2D eigenvalue weighted by Crippen LogP contribution is -2.64. The van der Waals surface area contributed by atoms with Crippen molar-refractivity contribution < 1.29 is 14.6 Å². The maximum Gasteiger partial charge on any atom is 0.129 e. The average Bonchev–Trinajstić information content (AvgIpc) is 3.01. The summed E-state index contributed by atoms with van der Waals surface area (Å²) in [5.74, 6) is 2.01. The van der Waals surface area contributed by atoms with Crippen molar-refractivity contribution in [1.82, 2.24) is 10.2 Å². The molecule has 1 saturated heterocycles. The maximum absolute atomic E-state index is 10.5. The van der Waals surface area contributed by atoms with E-state index in [1.807, 2.05) is 6.07 Å². The smallest absolute Gasteiger partial charge is 0.129 e. The number of likely N-dealkylation sites (tertiary alicyclic amines) is 1. The summed E-state index contributed by atoms with van der Waals surface area (Å²) in [5, 5.41) is 22.9. The van der Waals surface area contributed by atoms with E-state index in [1.54, 1.807) is 6.07 Å². The third kappa shape index (κ3) is 2.71. The molecule has 4 atom stereocenters. The maximum atomic E-state index is 10.5. The molecule has 1 saturated carbocycles. The summed E-state index contributed by atoms with van der Waals surface area (Å²) in [6.45, 7) is 6.15. The molecule has 3 N–H and O–H groups in total. The minimum atomic E-state index is -0.290. The van der Waals surface area contributed by atoms with E-state index >= 15 is 0 Å². The van der Waals surface area contributed by atoms with E-state index in [-0.39, 0.29) is 24.2 Å². The molecule has 3 rings (SSSR count). The van der Waals surface area contributed by atoms with Gasteiger partial charge in [-0.1, -0.05) is 13.8 Å². The fourth-order valence-electron chi connectivity index (χ4n) is 4.89. The lowest BCUT2D eigenvalue weighted by molar-refractivity contribution is -0.0828. The minimum absolute atomic E-state index is 0.0719. The summed E-state index contributed by atoms with van der Waals surface area (Å²) in [5.41, 5.74) is 0.263. The molecule has 2 heterocycles. The van der Waals surface area contributed by atoms with Gasteiger partial charge in [-0.05, 0) is 37.9 Å². The van der Waals surface area contributed by atoms with Crippen LogP contribution in [0.5, 0.6) is 0 Å². The van der Waals surface area contributed by atoms with Gasteiger partial charge in [0.15, 0.2) is 0 Å². The van der Waals surface area contributed by atoms with Crippen LogP contribution in [0.1, 0.15) is 38.2 Å². The van der Waals surface area contributed by atoms with Crippen LogP contribution in [-0.2, 0) is 13.2 Å². The van der Waals surface area contributed by atoms with Gasteiger partial charge in [0.1, 0.15) is 18.1 Å². The van der Waals surface area contributed by atoms with Crippen molar-refractivity contribution in [2.75, 3.05) is 13.6 Å². The second-order valence-electron chi connectivity index (χ2n) is 7.46. The van der Waals surface area contributed by atoms with Crippen molar-refractivity contribution >= 4 is 0 Å². The van der Waals surface area contributed by atoms with Gasteiger partial charge < -0.3 is 24.8 Å². The van der Waals surface area contributed by atoms with Crippen LogP contribution in [0.15, 0.2) is 16.5 Å². The third-order valence-electron chi connectivity index (χ3n) is 5.42. The van der Waals surface area contributed by atoms with Crippen LogP contribution >= 0.6 is 0 Å². The van der Waals surface area contributed by atoms with Crippen LogP contribution in [0, 0.1) is 11.3 Å². The lowest BCUT2D eigenvalue weighted by Gasteiger charge is -2.57. The number of nitrogens with zero attached hydrogens (tertiary/aromatic N) is 1. The van der Waals surface area contributed by atoms with Gasteiger partial charge in [0.25, 0.3) is 0 Å². The molecule has 0 aromatic carbocycles. The molecule has 1 aliphatic carbocycles. The third-order valence-corrected chi connectivity index (χ3v) is 5.42. The Morgan fingerprint density at radius 3 is 2.68 bits per heavy atom. The monoisotopic (exact) mass is 308 g/mol. The van der Waals surface area contributed by atoms with Crippen molar-refractivity contribution in [1.29, 1.82) is 0 Å². The Balaban J connectivity index is 1.59. The molecule has 5 nitrogen and oxygen atoms in total. The van der Waals surface area contributed by atoms with Crippen LogP contribution < -0.4 is 5.32 Å². The fourth-order valence-corrected chi connectivity index (χ4v) is 4.89. The topological polar surface area (TPSA) is 68.9 Å². The Morgan fingerprint density at radius 1 is 1.36 bits per heavy atom. The van der Waals surface area contributed by atoms with E-state index in [1.165, 1.54) is 0 Å². The highest BCUT2D eigenvalue weighted by molar-refractivity contribution is 5.13. The molecule has 124 valence electrons. The van der Waals surface area contributed by atoms with Gasteiger partial charge in [0, 0.05) is 24.0 Å². The number of aliphatic hydroxyl groups is 2. The Bertz CT molecular complexity index is 511. The van der Waals surface area contributed by atoms with E-state index in [2.05, 4.69) is 31.1 Å². The average molecular weight is 308 g/mol. The van der Waals surface area contributed by atoms with Gasteiger partial charge >= 0.3 is 0 Å². The number of furan rings is 1. The van der Waals surface area contributed by atoms with E-state index in [9.17, 15) is 5.11 Å². The Kier molecular flexibility index (Phi) is 4.34. The second kappa shape index (κ2) is 5.96. The van der Waals surface area contributed by atoms with Gasteiger partial charge in [-0.25, -0.2) is 0 Å². The SMILES string of the molecule is CC(C)C1N(C)CC12C[C@@H](O)[C@H](NCc1ccc(CO)o1)C2. The van der Waals surface area contributed by atoms with Gasteiger partial charge in [-0.2, -0.15) is 0 Å². The van der Waals surface area contributed by atoms with Crippen molar-refractivity contribution in [2.45, 2.75) is 58.0 Å². The molecule has 1 aromatic heterocycles. The molecule has 0 bridgehead atoms. The molecule has 5 heteroatoms. The first-order chi connectivity index (χ1) is 10.4. The van der Waals surface area contributed by atoms with Crippen molar-refractivity contribution in [2.24, 2.45) is 11.3 Å². The first kappa shape index (κ1) is 16.0. The first-order valence-corrected chi connectivity index (χ1v) is 8.25. The van der Waals surface area contributed by atoms with Gasteiger partial charge in [-0.15, -0.1) is 0 Å². The van der Waals surface area contributed by atoms with Crippen molar-refractivity contribution in [3.63, 3.8) is 0 Å². The number of aliphatic hydroxyl groups excluding tert-OH is 2. The predicted octanol–water partition coefficient (Wildman–Crippen LogP) is 1.34. The zero-order valence-corrected chi connectivity index (χ0v) is 13.7. The fraction of sp³-hybridized carbons (Fsp3) is 0.765. The Morgan fingerprint density at radius 2 is 2.09 bits per heavy atom. The Hall–Kier alpha value is -0.880. The van der Waals surface area contributed by atoms with E-state index < -0.39 is 0 Å². The van der Waals surface area contributed by atoms with Gasteiger partial charge in [-0.3, -0.25) is 0 Å². The summed E-state index contributed by atoms with van der Waals surface area (Å²) in [6.07, 6.45) is 1.62. The zero-order valence-electron chi connectivity index (χ0n) is 13.7.